The van der Waals surface area contributed by atoms with Crippen LogP contribution in [0.5, 0.6) is 0 Å². The van der Waals surface area contributed by atoms with Crippen LogP contribution in [0, 0.1) is 6.92 Å². The van der Waals surface area contributed by atoms with Crippen LogP contribution in [0.3, 0.4) is 0 Å². The Bertz CT molecular complexity index is 1070. The molecule has 0 saturated heterocycles. The molecule has 1 N–H and O–H groups in total. The van der Waals surface area contributed by atoms with Crippen LogP contribution in [0.25, 0.3) is 10.9 Å². The van der Waals surface area contributed by atoms with Crippen molar-refractivity contribution < 1.29 is 14.3 Å². The van der Waals surface area contributed by atoms with E-state index in [9.17, 15) is 14.4 Å². The van der Waals surface area contributed by atoms with E-state index in [0.717, 1.165) is 11.1 Å². The summed E-state index contributed by atoms with van der Waals surface area (Å²) in [6, 6.07) is 14.6. The summed E-state index contributed by atoms with van der Waals surface area (Å²) in [6.45, 7) is 3.26. The highest BCUT2D eigenvalue weighted by Crippen LogP contribution is 2.17. The predicted molar refractivity (Wildman–Crippen MR) is 109 cm³/mol. The van der Waals surface area contributed by atoms with Gasteiger partial charge in [0.05, 0.1) is 23.3 Å². The lowest BCUT2D eigenvalue weighted by molar-refractivity contribution is -0.149. The summed E-state index contributed by atoms with van der Waals surface area (Å²) in [7, 11) is 0. The number of aryl methyl sites for hydroxylation is 1. The number of carbonyl (C=O) groups excluding carboxylic acids is 2. The van der Waals surface area contributed by atoms with Gasteiger partial charge in [-0.2, -0.15) is 0 Å². The first-order valence-electron chi connectivity index (χ1n) is 9.43. The maximum atomic E-state index is 12.4. The van der Waals surface area contributed by atoms with Gasteiger partial charge >= 0.3 is 5.97 Å². The third kappa shape index (κ3) is 5.07. The van der Waals surface area contributed by atoms with E-state index < -0.39 is 18.5 Å². The van der Waals surface area contributed by atoms with Gasteiger partial charge in [-0.15, -0.1) is 0 Å². The minimum atomic E-state index is -0.678. The number of carbonyl (C=O) groups is 2. The Morgan fingerprint density at radius 2 is 1.86 bits per heavy atom. The number of hydrogen-bond acceptors (Lipinski definition) is 5. The summed E-state index contributed by atoms with van der Waals surface area (Å²) in [5, 5.41) is 3.28. The molecule has 29 heavy (non-hydrogen) atoms. The summed E-state index contributed by atoms with van der Waals surface area (Å²) >= 11 is 0. The number of nitrogens with one attached hydrogen (secondary N) is 1. The fraction of sp³-hybridized carbons (Fsp3) is 0.273. The Balaban J connectivity index is 1.56. The average Bonchev–Trinajstić information content (AvgIpc) is 2.73. The maximum Gasteiger partial charge on any atom is 0.326 e. The van der Waals surface area contributed by atoms with Crippen molar-refractivity contribution >= 4 is 22.8 Å². The molecule has 0 bridgehead atoms. The fourth-order valence-corrected chi connectivity index (χ4v) is 3.01. The number of esters is 1. The molecule has 0 radical (unpaired) electrons. The van der Waals surface area contributed by atoms with Crippen LogP contribution in [-0.2, 0) is 20.9 Å². The normalized spacial score (nSPS) is 11.8. The standard InChI is InChI=1S/C22H23N3O4/c1-3-18(16-10-8-15(2)9-11-16)24-20(26)13-29-21(27)12-25-14-23-19-7-5-4-6-17(19)22(25)28/h4-11,14,18H,3,12-13H2,1-2H3,(H,24,26)/t18-/m1/s1. The fourth-order valence-electron chi connectivity index (χ4n) is 3.01. The van der Waals surface area contributed by atoms with Gasteiger partial charge in [0.1, 0.15) is 6.54 Å². The zero-order valence-corrected chi connectivity index (χ0v) is 16.4. The van der Waals surface area contributed by atoms with Crippen molar-refractivity contribution in [2.75, 3.05) is 6.61 Å². The Hall–Kier alpha value is -3.48. The van der Waals surface area contributed by atoms with Gasteiger partial charge in [0.25, 0.3) is 11.5 Å². The summed E-state index contributed by atoms with van der Waals surface area (Å²) in [5.74, 6) is -1.07. The molecule has 3 aromatic rings. The lowest BCUT2D eigenvalue weighted by atomic mass is 10.0. The van der Waals surface area contributed by atoms with Crippen LogP contribution in [0.15, 0.2) is 59.7 Å². The van der Waals surface area contributed by atoms with Crippen LogP contribution in [0.4, 0.5) is 0 Å². The van der Waals surface area contributed by atoms with Gasteiger partial charge < -0.3 is 10.1 Å². The van der Waals surface area contributed by atoms with Crippen molar-refractivity contribution in [3.05, 3.63) is 76.3 Å². The van der Waals surface area contributed by atoms with Gasteiger partial charge in [-0.1, -0.05) is 48.9 Å². The van der Waals surface area contributed by atoms with Crippen LogP contribution in [0.1, 0.15) is 30.5 Å². The van der Waals surface area contributed by atoms with E-state index >= 15 is 0 Å². The number of nitrogens with zero attached hydrogens (tertiary/aromatic N) is 2. The molecule has 7 nitrogen and oxygen atoms in total. The van der Waals surface area contributed by atoms with Crippen LogP contribution in [0.2, 0.25) is 0 Å². The molecule has 150 valence electrons. The molecule has 0 aliphatic carbocycles. The van der Waals surface area contributed by atoms with Gasteiger partial charge in [0.15, 0.2) is 6.61 Å². The van der Waals surface area contributed by atoms with Gasteiger partial charge in [-0.25, -0.2) is 4.98 Å². The molecule has 7 heteroatoms. The number of para-hydroxylation sites is 1. The summed E-state index contributed by atoms with van der Waals surface area (Å²) in [5.41, 5.74) is 2.36. The molecule has 0 saturated carbocycles. The molecule has 0 fully saturated rings. The molecule has 0 unspecified atom stereocenters. The van der Waals surface area contributed by atoms with E-state index in [2.05, 4.69) is 10.3 Å². The largest absolute Gasteiger partial charge is 0.454 e. The summed E-state index contributed by atoms with van der Waals surface area (Å²) < 4.78 is 6.21. The number of fused-ring (bicyclic) bond motifs is 1. The van der Waals surface area contributed by atoms with Gasteiger partial charge in [0.2, 0.25) is 0 Å². The Morgan fingerprint density at radius 1 is 1.14 bits per heavy atom. The molecule has 1 atom stereocenters. The van der Waals surface area contributed by atoms with E-state index in [1.54, 1.807) is 24.3 Å². The second kappa shape index (κ2) is 9.14. The van der Waals surface area contributed by atoms with Crippen molar-refractivity contribution in [3.63, 3.8) is 0 Å². The van der Waals surface area contributed by atoms with Crippen molar-refractivity contribution in [1.82, 2.24) is 14.9 Å². The van der Waals surface area contributed by atoms with Gasteiger partial charge in [-0.3, -0.25) is 19.0 Å². The molecular weight excluding hydrogens is 370 g/mol. The quantitative estimate of drug-likeness (QED) is 0.623. The number of ether oxygens (including phenoxy) is 1. The first-order chi connectivity index (χ1) is 14.0. The second-order valence-electron chi connectivity index (χ2n) is 6.79. The molecule has 0 aliphatic rings. The van der Waals surface area contributed by atoms with E-state index in [1.807, 2.05) is 38.1 Å². The number of amides is 1. The molecule has 1 aromatic heterocycles. The van der Waals surface area contributed by atoms with Crippen molar-refractivity contribution in [2.24, 2.45) is 0 Å². The SMILES string of the molecule is CC[C@@H](NC(=O)COC(=O)Cn1cnc2ccccc2c1=O)c1ccc(C)cc1. The number of aromatic nitrogens is 2. The summed E-state index contributed by atoms with van der Waals surface area (Å²) in [4.78, 5) is 40.8. The summed E-state index contributed by atoms with van der Waals surface area (Å²) in [6.07, 6.45) is 2.01. The van der Waals surface area contributed by atoms with Gasteiger partial charge in [0, 0.05) is 0 Å². The zero-order chi connectivity index (χ0) is 20.8. The first-order valence-corrected chi connectivity index (χ1v) is 9.43. The highest BCUT2D eigenvalue weighted by Gasteiger charge is 2.15. The molecule has 0 spiro atoms. The smallest absolute Gasteiger partial charge is 0.326 e. The molecule has 3 rings (SSSR count). The van der Waals surface area contributed by atoms with E-state index in [4.69, 9.17) is 4.74 Å². The first kappa shape index (κ1) is 20.3. The Kier molecular flexibility index (Phi) is 6.39. The monoisotopic (exact) mass is 393 g/mol. The van der Waals surface area contributed by atoms with E-state index in [1.165, 1.54) is 10.9 Å². The van der Waals surface area contributed by atoms with Crippen molar-refractivity contribution in [1.29, 1.82) is 0 Å². The third-order valence-electron chi connectivity index (χ3n) is 4.62. The molecular formula is C22H23N3O4. The van der Waals surface area contributed by atoms with E-state index in [-0.39, 0.29) is 18.1 Å². The van der Waals surface area contributed by atoms with Crippen molar-refractivity contribution in [3.8, 4) is 0 Å². The topological polar surface area (TPSA) is 90.3 Å². The third-order valence-corrected chi connectivity index (χ3v) is 4.62. The number of hydrogen-bond donors (Lipinski definition) is 1. The predicted octanol–water partition coefficient (Wildman–Crippen LogP) is 2.52. The highest BCUT2D eigenvalue weighted by molar-refractivity contribution is 5.81. The minimum absolute atomic E-state index is 0.158. The van der Waals surface area contributed by atoms with Crippen LogP contribution < -0.4 is 10.9 Å². The van der Waals surface area contributed by atoms with E-state index in [0.29, 0.717) is 17.3 Å². The average molecular weight is 393 g/mol. The molecule has 1 amide bonds. The maximum absolute atomic E-state index is 12.4. The van der Waals surface area contributed by atoms with Crippen LogP contribution in [-0.4, -0.2) is 28.0 Å². The lowest BCUT2D eigenvalue weighted by Gasteiger charge is -2.17. The Morgan fingerprint density at radius 3 is 2.59 bits per heavy atom. The molecule has 0 aliphatic heterocycles. The Labute approximate surface area is 168 Å². The van der Waals surface area contributed by atoms with Gasteiger partial charge in [-0.05, 0) is 31.0 Å². The van der Waals surface area contributed by atoms with Crippen LogP contribution >= 0.6 is 0 Å². The molecule has 2 aromatic carbocycles. The second-order valence-corrected chi connectivity index (χ2v) is 6.79. The zero-order valence-electron chi connectivity index (χ0n) is 16.4. The number of benzene rings is 2. The lowest BCUT2D eigenvalue weighted by Crippen LogP contribution is -2.33. The van der Waals surface area contributed by atoms with Crippen molar-refractivity contribution in [2.45, 2.75) is 32.9 Å². The minimum Gasteiger partial charge on any atom is -0.454 e. The molecule has 1 heterocycles. The number of rotatable bonds is 7. The highest BCUT2D eigenvalue weighted by atomic mass is 16.5.